The maximum Gasteiger partial charge on any atom is 0.309 e. The quantitative estimate of drug-likeness (QED) is 0.717. The molecule has 0 radical (unpaired) electrons. The highest BCUT2D eigenvalue weighted by Crippen LogP contribution is 2.44. The normalized spacial score (nSPS) is 37.8. The van der Waals surface area contributed by atoms with E-state index in [9.17, 15) is 15.0 Å². The molecule has 1 saturated heterocycles. The molecule has 0 aromatic heterocycles. The van der Waals surface area contributed by atoms with E-state index in [4.69, 9.17) is 14.2 Å². The van der Waals surface area contributed by atoms with Gasteiger partial charge in [-0.25, -0.2) is 0 Å². The van der Waals surface area contributed by atoms with Crippen molar-refractivity contribution in [1.29, 1.82) is 0 Å². The Morgan fingerprint density at radius 2 is 1.92 bits per heavy atom. The van der Waals surface area contributed by atoms with Gasteiger partial charge in [0.2, 0.25) is 0 Å². The predicted octanol–water partition coefficient (Wildman–Crippen LogP) is 2.01. The monoisotopic (exact) mass is 344 g/mol. The van der Waals surface area contributed by atoms with Crippen LogP contribution < -0.4 is 0 Å². The minimum atomic E-state index is -0.811. The van der Waals surface area contributed by atoms with Crippen LogP contribution in [-0.2, 0) is 19.0 Å². The van der Waals surface area contributed by atoms with Crippen molar-refractivity contribution in [3.63, 3.8) is 0 Å². The van der Waals surface area contributed by atoms with Gasteiger partial charge in [-0.15, -0.1) is 0 Å². The Bertz CT molecular complexity index is 432. The second-order valence-corrected chi connectivity index (χ2v) is 8.24. The predicted molar refractivity (Wildman–Crippen MR) is 88.2 cm³/mol. The lowest BCUT2D eigenvalue weighted by Crippen LogP contribution is -2.48. The molecule has 0 aromatic rings. The van der Waals surface area contributed by atoms with Gasteiger partial charge < -0.3 is 24.4 Å². The maximum atomic E-state index is 12.0. The van der Waals surface area contributed by atoms with Crippen LogP contribution in [0.1, 0.15) is 60.3 Å². The number of aliphatic hydroxyl groups is 2. The molecule has 1 saturated carbocycles. The highest BCUT2D eigenvalue weighted by Gasteiger charge is 2.45. The Morgan fingerprint density at radius 1 is 1.25 bits per heavy atom. The molecular formula is C18H32O6. The van der Waals surface area contributed by atoms with Crippen molar-refractivity contribution in [2.24, 2.45) is 11.8 Å². The summed E-state index contributed by atoms with van der Waals surface area (Å²) in [6.07, 6.45) is 0.261. The van der Waals surface area contributed by atoms with Crippen molar-refractivity contribution >= 4 is 5.97 Å². The summed E-state index contributed by atoms with van der Waals surface area (Å²) in [6, 6.07) is 0. The van der Waals surface area contributed by atoms with Crippen LogP contribution in [0.25, 0.3) is 0 Å². The molecule has 0 bridgehead atoms. The first-order valence-corrected chi connectivity index (χ1v) is 8.96. The van der Waals surface area contributed by atoms with E-state index in [2.05, 4.69) is 0 Å². The lowest BCUT2D eigenvalue weighted by molar-refractivity contribution is -0.273. The van der Waals surface area contributed by atoms with Crippen molar-refractivity contribution in [3.05, 3.63) is 0 Å². The molecule has 0 spiro atoms. The van der Waals surface area contributed by atoms with Crippen LogP contribution in [0.3, 0.4) is 0 Å². The van der Waals surface area contributed by atoms with E-state index in [0.29, 0.717) is 5.92 Å². The first kappa shape index (κ1) is 19.6. The summed E-state index contributed by atoms with van der Waals surface area (Å²) in [6.45, 7) is 9.35. The summed E-state index contributed by atoms with van der Waals surface area (Å²) in [5.74, 6) is 0.280. The average Bonchev–Trinajstić information content (AvgIpc) is 3.20. The summed E-state index contributed by atoms with van der Waals surface area (Å²) in [5, 5.41) is 19.6. The first-order valence-electron chi connectivity index (χ1n) is 8.96. The number of rotatable bonds is 6. The molecular weight excluding hydrogens is 312 g/mol. The Labute approximate surface area is 144 Å². The van der Waals surface area contributed by atoms with Crippen molar-refractivity contribution in [2.75, 3.05) is 0 Å². The van der Waals surface area contributed by atoms with Crippen molar-refractivity contribution < 1.29 is 29.2 Å². The third kappa shape index (κ3) is 5.69. The Hall–Kier alpha value is -0.690. The first-order chi connectivity index (χ1) is 11.1. The highest BCUT2D eigenvalue weighted by molar-refractivity contribution is 5.76. The second-order valence-electron chi connectivity index (χ2n) is 8.24. The fourth-order valence-electron chi connectivity index (χ4n) is 3.04. The van der Waals surface area contributed by atoms with Gasteiger partial charge in [0, 0.05) is 6.42 Å². The van der Waals surface area contributed by atoms with Gasteiger partial charge in [-0.3, -0.25) is 4.79 Å². The lowest BCUT2D eigenvalue weighted by atomic mass is 10.0. The maximum absolute atomic E-state index is 12.0. The molecule has 0 amide bonds. The molecule has 1 aliphatic carbocycles. The van der Waals surface area contributed by atoms with E-state index < -0.39 is 24.1 Å². The van der Waals surface area contributed by atoms with Gasteiger partial charge in [-0.05, 0) is 59.8 Å². The van der Waals surface area contributed by atoms with Crippen LogP contribution >= 0.6 is 0 Å². The van der Waals surface area contributed by atoms with Crippen LogP contribution in [0, 0.1) is 11.8 Å². The van der Waals surface area contributed by atoms with E-state index in [1.807, 2.05) is 27.7 Å². The van der Waals surface area contributed by atoms with Gasteiger partial charge in [0.1, 0.15) is 11.7 Å². The average molecular weight is 344 g/mol. The fourth-order valence-corrected chi connectivity index (χ4v) is 3.04. The molecule has 2 N–H and O–H groups in total. The van der Waals surface area contributed by atoms with Gasteiger partial charge in [0.15, 0.2) is 6.29 Å². The van der Waals surface area contributed by atoms with Crippen LogP contribution in [-0.4, -0.2) is 52.5 Å². The number of carbonyl (C=O) groups is 1. The zero-order chi connectivity index (χ0) is 18.1. The lowest BCUT2D eigenvalue weighted by Gasteiger charge is -2.36. The molecule has 2 aliphatic rings. The van der Waals surface area contributed by atoms with Gasteiger partial charge in [0.25, 0.3) is 0 Å². The molecule has 2 rings (SSSR count). The van der Waals surface area contributed by atoms with Crippen molar-refractivity contribution in [3.8, 4) is 0 Å². The van der Waals surface area contributed by atoms with Crippen LogP contribution in [0.15, 0.2) is 0 Å². The molecule has 0 aromatic carbocycles. The second kappa shape index (κ2) is 7.68. The molecule has 1 aliphatic heterocycles. The molecule has 140 valence electrons. The standard InChI is InChI=1S/C18H32O6/c1-10(22-17-15(20)9-14(19)11(2)23-17)6-7-12-8-13(12)16(21)24-18(3,4)5/h10-15,17,19-20H,6-9H2,1-5H3/t10-,11+,12?,13?,14-,15-,17-/m1/s1. The van der Waals surface area contributed by atoms with Crippen LogP contribution in [0.5, 0.6) is 0 Å². The highest BCUT2D eigenvalue weighted by atomic mass is 16.7. The minimum absolute atomic E-state index is 0.0168. The summed E-state index contributed by atoms with van der Waals surface area (Å²) < 4.78 is 16.7. The number of carbonyl (C=O) groups excluding carboxylic acids is 1. The number of ether oxygens (including phenoxy) is 3. The summed E-state index contributed by atoms with van der Waals surface area (Å²) in [7, 11) is 0. The number of aliphatic hydroxyl groups excluding tert-OH is 2. The molecule has 2 fully saturated rings. The zero-order valence-corrected chi connectivity index (χ0v) is 15.4. The minimum Gasteiger partial charge on any atom is -0.460 e. The third-order valence-corrected chi connectivity index (χ3v) is 4.63. The van der Waals surface area contributed by atoms with Gasteiger partial charge >= 0.3 is 5.97 Å². The van der Waals surface area contributed by atoms with E-state index >= 15 is 0 Å². The molecule has 7 atom stereocenters. The van der Waals surface area contributed by atoms with E-state index in [1.54, 1.807) is 6.92 Å². The van der Waals surface area contributed by atoms with Gasteiger partial charge in [0.05, 0.1) is 24.2 Å². The van der Waals surface area contributed by atoms with E-state index in [0.717, 1.165) is 19.3 Å². The summed E-state index contributed by atoms with van der Waals surface area (Å²) in [4.78, 5) is 12.0. The summed E-state index contributed by atoms with van der Waals surface area (Å²) in [5.41, 5.74) is -0.434. The Kier molecular flexibility index (Phi) is 6.29. The van der Waals surface area contributed by atoms with Crippen molar-refractivity contribution in [1.82, 2.24) is 0 Å². The third-order valence-electron chi connectivity index (χ3n) is 4.63. The zero-order valence-electron chi connectivity index (χ0n) is 15.4. The Balaban J connectivity index is 1.67. The molecule has 6 heteroatoms. The number of hydrogen-bond acceptors (Lipinski definition) is 6. The molecule has 6 nitrogen and oxygen atoms in total. The summed E-state index contributed by atoms with van der Waals surface area (Å²) >= 11 is 0. The van der Waals surface area contributed by atoms with Crippen LogP contribution in [0.4, 0.5) is 0 Å². The van der Waals surface area contributed by atoms with Crippen LogP contribution in [0.2, 0.25) is 0 Å². The topological polar surface area (TPSA) is 85.2 Å². The van der Waals surface area contributed by atoms with Gasteiger partial charge in [-0.1, -0.05) is 0 Å². The SMILES string of the molecule is C[C@H](CCC1CC1C(=O)OC(C)(C)C)O[C@@H]1O[C@@H](C)[C@H](O)C[C@H]1O. The van der Waals surface area contributed by atoms with E-state index in [-0.39, 0.29) is 30.5 Å². The Morgan fingerprint density at radius 3 is 2.54 bits per heavy atom. The van der Waals surface area contributed by atoms with Gasteiger partial charge in [-0.2, -0.15) is 0 Å². The molecule has 1 heterocycles. The largest absolute Gasteiger partial charge is 0.460 e. The fraction of sp³-hybridized carbons (Fsp3) is 0.944. The van der Waals surface area contributed by atoms with E-state index in [1.165, 1.54) is 0 Å². The molecule has 2 unspecified atom stereocenters. The molecule has 24 heavy (non-hydrogen) atoms. The number of esters is 1. The number of hydrogen-bond donors (Lipinski definition) is 2. The smallest absolute Gasteiger partial charge is 0.309 e. The van der Waals surface area contributed by atoms with Crippen molar-refractivity contribution in [2.45, 2.75) is 96.6 Å².